The summed E-state index contributed by atoms with van der Waals surface area (Å²) in [7, 11) is 0. The minimum atomic E-state index is -0.251. The van der Waals surface area contributed by atoms with E-state index in [0.717, 1.165) is 5.75 Å². The number of aromatic nitrogens is 5. The SMILES string of the molecule is O=c1c2c[nH]nc2c2cnc(NC[C@H]3COc4ccccc4O3)nc2n1-c1cccc(Cl)c1. The number of hydrogen-bond acceptors (Lipinski definition) is 7. The van der Waals surface area contributed by atoms with Crippen LogP contribution in [0, 0.1) is 0 Å². The molecule has 0 aliphatic carbocycles. The highest BCUT2D eigenvalue weighted by atomic mass is 35.5. The third-order valence-electron chi connectivity index (χ3n) is 5.43. The van der Waals surface area contributed by atoms with Gasteiger partial charge in [0.1, 0.15) is 18.2 Å². The van der Waals surface area contributed by atoms with Crippen molar-refractivity contribution in [1.82, 2.24) is 24.7 Å². The van der Waals surface area contributed by atoms with Gasteiger partial charge in [-0.3, -0.25) is 14.5 Å². The van der Waals surface area contributed by atoms with Gasteiger partial charge in [0, 0.05) is 17.4 Å². The molecule has 4 heterocycles. The van der Waals surface area contributed by atoms with Gasteiger partial charge in [-0.1, -0.05) is 29.8 Å². The number of ether oxygens (including phenoxy) is 2. The molecule has 6 rings (SSSR count). The molecule has 0 radical (unpaired) electrons. The predicted octanol–water partition coefficient (Wildman–Crippen LogP) is 3.56. The highest BCUT2D eigenvalue weighted by Crippen LogP contribution is 2.31. The Bertz CT molecular complexity index is 1560. The molecule has 10 heteroatoms. The Morgan fingerprint density at radius 2 is 2.03 bits per heavy atom. The smallest absolute Gasteiger partial charge is 0.267 e. The minimum Gasteiger partial charge on any atom is -0.486 e. The maximum atomic E-state index is 13.3. The highest BCUT2D eigenvalue weighted by Gasteiger charge is 2.21. The summed E-state index contributed by atoms with van der Waals surface area (Å²) in [6.07, 6.45) is 3.01. The maximum absolute atomic E-state index is 13.3. The van der Waals surface area contributed by atoms with Crippen LogP contribution < -0.4 is 20.3 Å². The first-order chi connectivity index (χ1) is 16.2. The predicted molar refractivity (Wildman–Crippen MR) is 125 cm³/mol. The molecule has 0 fully saturated rings. The topological polar surface area (TPSA) is 107 Å². The standard InChI is InChI=1S/C23H17ClN6O3/c24-13-4-3-5-14(8-13)30-21-16(20-17(22(30)31)11-27-29-20)10-26-23(28-21)25-9-15-12-32-18-6-1-2-7-19(18)33-15/h1-8,10-11,15H,9,12H2,(H,27,29)(H,25,26,28)/t15-/m0/s1. The summed E-state index contributed by atoms with van der Waals surface area (Å²) in [6, 6.07) is 14.6. The van der Waals surface area contributed by atoms with Crippen molar-refractivity contribution in [2.75, 3.05) is 18.5 Å². The van der Waals surface area contributed by atoms with E-state index < -0.39 is 0 Å². The second-order valence-electron chi connectivity index (χ2n) is 7.58. The fourth-order valence-electron chi connectivity index (χ4n) is 3.89. The Kier molecular flexibility index (Phi) is 4.62. The molecule has 33 heavy (non-hydrogen) atoms. The molecular formula is C23H17ClN6O3. The van der Waals surface area contributed by atoms with Gasteiger partial charge in [0.05, 0.1) is 23.0 Å². The maximum Gasteiger partial charge on any atom is 0.267 e. The Morgan fingerprint density at radius 3 is 2.91 bits per heavy atom. The van der Waals surface area contributed by atoms with Crippen LogP contribution in [0.4, 0.5) is 5.95 Å². The number of pyridine rings is 1. The summed E-state index contributed by atoms with van der Waals surface area (Å²) in [6.45, 7) is 0.824. The van der Waals surface area contributed by atoms with Crippen molar-refractivity contribution < 1.29 is 9.47 Å². The Labute approximate surface area is 192 Å². The second kappa shape index (κ2) is 7.79. The first kappa shape index (κ1) is 19.6. The van der Waals surface area contributed by atoms with E-state index >= 15 is 0 Å². The molecule has 9 nitrogen and oxygen atoms in total. The molecule has 1 aliphatic rings. The number of rotatable bonds is 4. The molecule has 5 aromatic rings. The first-order valence-corrected chi connectivity index (χ1v) is 10.7. The Hall–Kier alpha value is -4.11. The van der Waals surface area contributed by atoms with E-state index in [-0.39, 0.29) is 11.7 Å². The third-order valence-corrected chi connectivity index (χ3v) is 5.67. The van der Waals surface area contributed by atoms with Gasteiger partial charge in [0.15, 0.2) is 17.1 Å². The van der Waals surface area contributed by atoms with Gasteiger partial charge in [0.2, 0.25) is 5.95 Å². The number of hydrogen-bond donors (Lipinski definition) is 2. The van der Waals surface area contributed by atoms with E-state index in [9.17, 15) is 4.79 Å². The lowest BCUT2D eigenvalue weighted by molar-refractivity contribution is 0.0996. The lowest BCUT2D eigenvalue weighted by atomic mass is 10.2. The van der Waals surface area contributed by atoms with E-state index in [1.54, 1.807) is 36.7 Å². The average molecular weight is 461 g/mol. The molecule has 1 atom stereocenters. The number of halogens is 1. The molecule has 0 unspecified atom stereocenters. The lowest BCUT2D eigenvalue weighted by Crippen LogP contribution is -2.35. The van der Waals surface area contributed by atoms with Gasteiger partial charge in [0.25, 0.3) is 5.56 Å². The second-order valence-corrected chi connectivity index (χ2v) is 8.01. The first-order valence-electron chi connectivity index (χ1n) is 10.3. The van der Waals surface area contributed by atoms with Crippen LogP contribution in [-0.2, 0) is 0 Å². The highest BCUT2D eigenvalue weighted by molar-refractivity contribution is 6.30. The zero-order chi connectivity index (χ0) is 22.4. The van der Waals surface area contributed by atoms with Crippen molar-refractivity contribution in [2.24, 2.45) is 0 Å². The molecule has 164 valence electrons. The fraction of sp³-hybridized carbons (Fsp3) is 0.130. The molecule has 0 saturated carbocycles. The van der Waals surface area contributed by atoms with Crippen molar-refractivity contribution in [2.45, 2.75) is 6.10 Å². The number of para-hydroxylation sites is 2. The van der Waals surface area contributed by atoms with Gasteiger partial charge in [-0.05, 0) is 30.3 Å². The van der Waals surface area contributed by atoms with Crippen LogP contribution in [0.25, 0.3) is 27.6 Å². The van der Waals surface area contributed by atoms with Gasteiger partial charge < -0.3 is 14.8 Å². The van der Waals surface area contributed by atoms with Crippen LogP contribution in [0.15, 0.2) is 65.7 Å². The monoisotopic (exact) mass is 460 g/mol. The molecule has 2 N–H and O–H groups in total. The number of nitrogens with zero attached hydrogens (tertiary/aromatic N) is 4. The molecule has 3 aromatic heterocycles. The van der Waals surface area contributed by atoms with Crippen LogP contribution in [-0.4, -0.2) is 44.0 Å². The number of anilines is 1. The summed E-state index contributed by atoms with van der Waals surface area (Å²) >= 11 is 6.19. The van der Waals surface area contributed by atoms with Crippen molar-refractivity contribution in [3.05, 3.63) is 76.3 Å². The molecule has 1 aliphatic heterocycles. The Morgan fingerprint density at radius 1 is 1.15 bits per heavy atom. The normalized spacial score (nSPS) is 15.1. The number of H-pyrrole nitrogens is 1. The number of aromatic amines is 1. The van der Waals surface area contributed by atoms with Crippen molar-refractivity contribution in [3.8, 4) is 17.2 Å². The van der Waals surface area contributed by atoms with Gasteiger partial charge in [-0.25, -0.2) is 4.98 Å². The van der Waals surface area contributed by atoms with Crippen LogP contribution in [0.3, 0.4) is 0 Å². The fourth-order valence-corrected chi connectivity index (χ4v) is 4.08. The summed E-state index contributed by atoms with van der Waals surface area (Å²) in [5.74, 6) is 1.78. The lowest BCUT2D eigenvalue weighted by Gasteiger charge is -2.26. The summed E-state index contributed by atoms with van der Waals surface area (Å²) < 4.78 is 13.3. The molecule has 0 bridgehead atoms. The van der Waals surface area contributed by atoms with Crippen molar-refractivity contribution in [3.63, 3.8) is 0 Å². The van der Waals surface area contributed by atoms with Gasteiger partial charge >= 0.3 is 0 Å². The van der Waals surface area contributed by atoms with Crippen LogP contribution in [0.1, 0.15) is 0 Å². The van der Waals surface area contributed by atoms with E-state index in [1.807, 2.05) is 24.3 Å². The number of fused-ring (bicyclic) bond motifs is 4. The molecule has 0 spiro atoms. The molecule has 2 aromatic carbocycles. The van der Waals surface area contributed by atoms with Crippen molar-refractivity contribution >= 4 is 39.5 Å². The summed E-state index contributed by atoms with van der Waals surface area (Å²) in [5, 5.41) is 11.8. The van der Waals surface area contributed by atoms with E-state index in [4.69, 9.17) is 21.1 Å². The third kappa shape index (κ3) is 3.42. The van der Waals surface area contributed by atoms with Gasteiger partial charge in [-0.2, -0.15) is 10.1 Å². The molecular weight excluding hydrogens is 444 g/mol. The van der Waals surface area contributed by atoms with Crippen LogP contribution in [0.5, 0.6) is 11.5 Å². The zero-order valence-electron chi connectivity index (χ0n) is 17.2. The van der Waals surface area contributed by atoms with E-state index in [2.05, 4.69) is 25.5 Å². The molecule has 0 saturated heterocycles. The van der Waals surface area contributed by atoms with E-state index in [0.29, 0.717) is 57.5 Å². The molecule has 0 amide bonds. The number of nitrogens with one attached hydrogen (secondary N) is 2. The van der Waals surface area contributed by atoms with Crippen LogP contribution in [0.2, 0.25) is 5.02 Å². The quantitative estimate of drug-likeness (QED) is 0.422. The number of benzene rings is 2. The largest absolute Gasteiger partial charge is 0.486 e. The minimum absolute atomic E-state index is 0.219. The van der Waals surface area contributed by atoms with Crippen molar-refractivity contribution in [1.29, 1.82) is 0 Å². The average Bonchev–Trinajstić information content (AvgIpc) is 3.33. The van der Waals surface area contributed by atoms with E-state index in [1.165, 1.54) is 4.57 Å². The Balaban J connectivity index is 1.38. The zero-order valence-corrected chi connectivity index (χ0v) is 17.9. The summed E-state index contributed by atoms with van der Waals surface area (Å²) in [4.78, 5) is 22.4. The van der Waals surface area contributed by atoms with Crippen LogP contribution >= 0.6 is 11.6 Å². The van der Waals surface area contributed by atoms with Gasteiger partial charge in [-0.15, -0.1) is 0 Å². The summed E-state index contributed by atoms with van der Waals surface area (Å²) in [5.41, 5.74) is 1.29.